The van der Waals surface area contributed by atoms with E-state index in [-0.39, 0.29) is 0 Å². The second-order valence-corrected chi connectivity index (χ2v) is 13.4. The van der Waals surface area contributed by atoms with Gasteiger partial charge < -0.3 is 5.11 Å². The Labute approximate surface area is 253 Å². The molecule has 0 rings (SSSR count). The molecule has 2 heteroatoms. The Bertz CT molecular complexity index is 484. The Hall–Kier alpha value is -0.530. The summed E-state index contributed by atoms with van der Waals surface area (Å²) in [7, 11) is 0. The van der Waals surface area contributed by atoms with Crippen LogP contribution >= 0.6 is 0 Å². The quantitative estimate of drug-likeness (QED) is 0.0789. The summed E-state index contributed by atoms with van der Waals surface area (Å²) < 4.78 is 0. The molecule has 0 bridgehead atoms. The fourth-order valence-corrected chi connectivity index (χ4v) is 6.55. The fourth-order valence-electron chi connectivity index (χ4n) is 6.55. The van der Waals surface area contributed by atoms with Crippen LogP contribution in [0.4, 0.5) is 0 Å². The zero-order chi connectivity index (χ0) is 29.4. The van der Waals surface area contributed by atoms with Gasteiger partial charge in [0, 0.05) is 0 Å². The average molecular weight is 565 g/mol. The Morgan fingerprint density at radius 2 is 0.525 bits per heavy atom. The Morgan fingerprint density at radius 1 is 0.350 bits per heavy atom. The molecule has 0 radical (unpaired) electrons. The van der Waals surface area contributed by atoms with E-state index in [1.54, 1.807) is 0 Å². The summed E-state index contributed by atoms with van der Waals surface area (Å²) in [6.45, 7) is 6.81. The second kappa shape index (κ2) is 31.4. The van der Waals surface area contributed by atoms with Crippen LogP contribution in [0, 0.1) is 5.41 Å². The van der Waals surface area contributed by atoms with E-state index in [0.717, 1.165) is 38.5 Å². The molecule has 1 N–H and O–H groups in total. The maximum absolute atomic E-state index is 12.6. The van der Waals surface area contributed by atoms with Crippen LogP contribution in [0.3, 0.4) is 0 Å². The van der Waals surface area contributed by atoms with Crippen molar-refractivity contribution in [3.63, 3.8) is 0 Å². The summed E-state index contributed by atoms with van der Waals surface area (Å²) in [5.74, 6) is -0.499. The highest BCUT2D eigenvalue weighted by Crippen LogP contribution is 2.38. The number of hydrogen-bond donors (Lipinski definition) is 1. The van der Waals surface area contributed by atoms with Crippen molar-refractivity contribution in [2.45, 2.75) is 233 Å². The first-order valence-electron chi connectivity index (χ1n) is 18.9. The van der Waals surface area contributed by atoms with Crippen molar-refractivity contribution in [1.82, 2.24) is 0 Å². The van der Waals surface area contributed by atoms with Gasteiger partial charge in [-0.25, -0.2) is 0 Å². The number of carbonyl (C=O) groups is 1. The molecule has 0 aliphatic rings. The normalized spacial score (nSPS) is 11.9. The predicted molar refractivity (Wildman–Crippen MR) is 179 cm³/mol. The van der Waals surface area contributed by atoms with Gasteiger partial charge in [-0.05, 0) is 19.3 Å². The van der Waals surface area contributed by atoms with Crippen molar-refractivity contribution in [2.24, 2.45) is 5.41 Å². The van der Waals surface area contributed by atoms with Crippen LogP contribution in [-0.4, -0.2) is 11.1 Å². The number of rotatable bonds is 34. The predicted octanol–water partition coefficient (Wildman–Crippen LogP) is 14.0. The van der Waals surface area contributed by atoms with E-state index in [9.17, 15) is 9.90 Å². The van der Waals surface area contributed by atoms with Crippen LogP contribution in [0.1, 0.15) is 233 Å². The van der Waals surface area contributed by atoms with E-state index in [2.05, 4.69) is 20.8 Å². The van der Waals surface area contributed by atoms with E-state index in [0.29, 0.717) is 0 Å². The molecule has 240 valence electrons. The summed E-state index contributed by atoms with van der Waals surface area (Å²) in [5.41, 5.74) is -0.454. The smallest absolute Gasteiger partial charge is 0.309 e. The molecule has 0 saturated heterocycles. The minimum absolute atomic E-state index is 0.454. The third kappa shape index (κ3) is 25.2. The van der Waals surface area contributed by atoms with Crippen LogP contribution in [0.2, 0.25) is 0 Å². The molecule has 0 aliphatic carbocycles. The molecule has 0 aromatic rings. The summed E-state index contributed by atoms with van der Waals surface area (Å²) in [6, 6.07) is 0. The third-order valence-corrected chi connectivity index (χ3v) is 9.48. The first-order valence-corrected chi connectivity index (χ1v) is 18.9. The number of carboxylic acid groups (broad SMARTS) is 1. The molecular weight excluding hydrogens is 488 g/mol. The van der Waals surface area contributed by atoms with Gasteiger partial charge in [-0.3, -0.25) is 4.79 Å². The summed E-state index contributed by atoms with van der Waals surface area (Å²) >= 11 is 0. The van der Waals surface area contributed by atoms with Crippen LogP contribution in [0.25, 0.3) is 0 Å². The first-order chi connectivity index (χ1) is 19.6. The molecule has 0 amide bonds. The van der Waals surface area contributed by atoms with Crippen molar-refractivity contribution in [2.75, 3.05) is 0 Å². The SMILES string of the molecule is CCCCCCCCCCCCCCCCCCCCC(CCCCCCCC)(CCCCCCCC)C(=O)O. The molecule has 0 spiro atoms. The van der Waals surface area contributed by atoms with E-state index in [1.807, 2.05) is 0 Å². The largest absolute Gasteiger partial charge is 0.481 e. The van der Waals surface area contributed by atoms with E-state index in [4.69, 9.17) is 0 Å². The zero-order valence-corrected chi connectivity index (χ0v) is 28.2. The molecule has 0 saturated carbocycles. The molecule has 0 heterocycles. The van der Waals surface area contributed by atoms with Crippen molar-refractivity contribution in [1.29, 1.82) is 0 Å². The minimum atomic E-state index is -0.499. The first kappa shape index (κ1) is 39.5. The van der Waals surface area contributed by atoms with Crippen molar-refractivity contribution < 1.29 is 9.90 Å². The van der Waals surface area contributed by atoms with Gasteiger partial charge in [-0.15, -0.1) is 0 Å². The molecule has 0 unspecified atom stereocenters. The number of aliphatic carboxylic acids is 1. The van der Waals surface area contributed by atoms with E-state index in [1.165, 1.54) is 173 Å². The molecule has 0 aliphatic heterocycles. The Morgan fingerprint density at radius 3 is 0.700 bits per heavy atom. The van der Waals surface area contributed by atoms with Gasteiger partial charge in [-0.2, -0.15) is 0 Å². The third-order valence-electron chi connectivity index (χ3n) is 9.48. The standard InChI is InChI=1S/C38H76O2/c1-4-7-10-13-16-17-18-19-20-21-22-23-24-25-26-27-30-33-36-38(37(39)40,34-31-28-14-11-8-5-2)35-32-29-15-12-9-6-3/h4-36H2,1-3H3,(H,39,40). The molecule has 40 heavy (non-hydrogen) atoms. The Balaban J connectivity index is 4.01. The lowest BCUT2D eigenvalue weighted by atomic mass is 9.74. The van der Waals surface area contributed by atoms with Crippen LogP contribution in [0.5, 0.6) is 0 Å². The lowest BCUT2D eigenvalue weighted by Crippen LogP contribution is -2.31. The van der Waals surface area contributed by atoms with Gasteiger partial charge in [0.05, 0.1) is 5.41 Å². The monoisotopic (exact) mass is 565 g/mol. The zero-order valence-electron chi connectivity index (χ0n) is 28.2. The number of unbranched alkanes of at least 4 members (excludes halogenated alkanes) is 27. The molecule has 0 aromatic heterocycles. The van der Waals surface area contributed by atoms with Crippen LogP contribution < -0.4 is 0 Å². The molecule has 0 aromatic carbocycles. The molecule has 0 fully saturated rings. The maximum Gasteiger partial charge on any atom is 0.309 e. The summed E-state index contributed by atoms with van der Waals surface area (Å²) in [4.78, 5) is 12.6. The van der Waals surface area contributed by atoms with Gasteiger partial charge in [0.1, 0.15) is 0 Å². The number of hydrogen-bond acceptors (Lipinski definition) is 1. The highest BCUT2D eigenvalue weighted by molar-refractivity contribution is 5.74. The molecule has 0 atom stereocenters. The summed E-state index contributed by atoms with van der Waals surface area (Å²) in [6.07, 6.45) is 42.6. The lowest BCUT2D eigenvalue weighted by Gasteiger charge is -2.30. The van der Waals surface area contributed by atoms with Crippen LogP contribution in [-0.2, 0) is 4.79 Å². The molecular formula is C38H76O2. The van der Waals surface area contributed by atoms with Crippen molar-refractivity contribution in [3.8, 4) is 0 Å². The van der Waals surface area contributed by atoms with Crippen molar-refractivity contribution in [3.05, 3.63) is 0 Å². The minimum Gasteiger partial charge on any atom is -0.481 e. The van der Waals surface area contributed by atoms with E-state index < -0.39 is 11.4 Å². The van der Waals surface area contributed by atoms with E-state index >= 15 is 0 Å². The van der Waals surface area contributed by atoms with Crippen molar-refractivity contribution >= 4 is 5.97 Å². The Kier molecular flexibility index (Phi) is 31.0. The fraction of sp³-hybridized carbons (Fsp3) is 0.974. The van der Waals surface area contributed by atoms with Gasteiger partial charge >= 0.3 is 5.97 Å². The maximum atomic E-state index is 12.6. The van der Waals surface area contributed by atoms with Gasteiger partial charge in [-0.1, -0.05) is 213 Å². The second-order valence-electron chi connectivity index (χ2n) is 13.4. The van der Waals surface area contributed by atoms with Gasteiger partial charge in [0.2, 0.25) is 0 Å². The van der Waals surface area contributed by atoms with Gasteiger partial charge in [0.15, 0.2) is 0 Å². The van der Waals surface area contributed by atoms with Crippen LogP contribution in [0.15, 0.2) is 0 Å². The highest BCUT2D eigenvalue weighted by atomic mass is 16.4. The highest BCUT2D eigenvalue weighted by Gasteiger charge is 2.36. The number of carboxylic acids is 1. The topological polar surface area (TPSA) is 37.3 Å². The van der Waals surface area contributed by atoms with Gasteiger partial charge in [0.25, 0.3) is 0 Å². The lowest BCUT2D eigenvalue weighted by molar-refractivity contribution is -0.150. The summed E-state index contributed by atoms with van der Waals surface area (Å²) in [5, 5.41) is 10.3. The average Bonchev–Trinajstić information content (AvgIpc) is 2.95. The molecule has 2 nitrogen and oxygen atoms in total.